The second kappa shape index (κ2) is 8.64. The Labute approximate surface area is 202 Å². The molecule has 0 saturated carbocycles. The minimum absolute atomic E-state index is 0.0315. The van der Waals surface area contributed by atoms with Gasteiger partial charge in [-0.15, -0.1) is 0 Å². The van der Waals surface area contributed by atoms with Gasteiger partial charge >= 0.3 is 0 Å². The van der Waals surface area contributed by atoms with Crippen molar-refractivity contribution in [1.82, 2.24) is 25.1 Å². The van der Waals surface area contributed by atoms with Gasteiger partial charge in [-0.05, 0) is 12.1 Å². The van der Waals surface area contributed by atoms with Crippen molar-refractivity contribution in [2.75, 3.05) is 11.8 Å². The third-order valence-electron chi connectivity index (χ3n) is 5.20. The highest BCUT2D eigenvalue weighted by molar-refractivity contribution is 7.92. The maximum absolute atomic E-state index is 15.5. The number of pyridine rings is 1. The van der Waals surface area contributed by atoms with Crippen LogP contribution in [0.4, 0.5) is 14.5 Å². The highest BCUT2D eigenvalue weighted by atomic mass is 35.5. The van der Waals surface area contributed by atoms with Crippen molar-refractivity contribution in [1.29, 1.82) is 0 Å². The van der Waals surface area contributed by atoms with E-state index in [1.54, 1.807) is 24.5 Å². The third kappa shape index (κ3) is 3.96. The molecular formula is C22H15ClF2N6O3S. The van der Waals surface area contributed by atoms with Gasteiger partial charge in [-0.25, -0.2) is 27.2 Å². The molecule has 35 heavy (non-hydrogen) atoms. The number of fused-ring (bicyclic) bond motifs is 1. The van der Waals surface area contributed by atoms with Crippen molar-refractivity contribution in [2.45, 2.75) is 4.90 Å². The second-order valence-electron chi connectivity index (χ2n) is 7.29. The number of aromatic nitrogens is 5. The molecule has 0 unspecified atom stereocenters. The van der Waals surface area contributed by atoms with Gasteiger partial charge in [0.05, 0.1) is 24.0 Å². The van der Waals surface area contributed by atoms with Crippen molar-refractivity contribution < 1.29 is 21.9 Å². The van der Waals surface area contributed by atoms with Crippen molar-refractivity contribution in [3.8, 4) is 28.5 Å². The van der Waals surface area contributed by atoms with Crippen LogP contribution in [0, 0.1) is 11.6 Å². The molecule has 178 valence electrons. The highest BCUT2D eigenvalue weighted by Crippen LogP contribution is 2.39. The summed E-state index contributed by atoms with van der Waals surface area (Å²) < 4.78 is 62.0. The molecule has 13 heteroatoms. The number of nitrogens with one attached hydrogen (secondary N) is 3. The zero-order valence-electron chi connectivity index (χ0n) is 17.8. The number of nitrogens with zero attached hydrogens (tertiary/aromatic N) is 3. The number of imidazole rings is 1. The molecule has 0 amide bonds. The Morgan fingerprint density at radius 3 is 2.69 bits per heavy atom. The van der Waals surface area contributed by atoms with Crippen molar-refractivity contribution in [2.24, 2.45) is 0 Å². The Morgan fingerprint density at radius 1 is 1.11 bits per heavy atom. The van der Waals surface area contributed by atoms with Gasteiger partial charge in [0.1, 0.15) is 17.0 Å². The van der Waals surface area contributed by atoms with Gasteiger partial charge < -0.3 is 9.72 Å². The molecule has 0 aliphatic carbocycles. The largest absolute Gasteiger partial charge is 0.480 e. The topological polar surface area (TPSA) is 126 Å². The van der Waals surface area contributed by atoms with E-state index in [2.05, 4.69) is 29.9 Å². The normalized spacial score (nSPS) is 11.7. The molecule has 0 bridgehead atoms. The standard InChI is InChI=1S/C22H15ClF2N6O3S/c1-34-22-16(9-11(24)10-28-22)35(32,33)31-15-4-2-3-13(18(15)25)12-5-6-14-19(17(12)23)29-30-20(14)21-26-7-8-27-21/h2-10,31H,1H3,(H,26,27)(H,29,30). The average Bonchev–Trinajstić information content (AvgIpc) is 3.51. The lowest BCUT2D eigenvalue weighted by atomic mass is 10.0. The molecule has 3 N–H and O–H groups in total. The summed E-state index contributed by atoms with van der Waals surface area (Å²) >= 11 is 6.58. The molecule has 0 atom stereocenters. The molecule has 0 aliphatic rings. The molecule has 3 aromatic heterocycles. The van der Waals surface area contributed by atoms with Crippen LogP contribution >= 0.6 is 11.6 Å². The van der Waals surface area contributed by atoms with Gasteiger partial charge in [0, 0.05) is 35.0 Å². The van der Waals surface area contributed by atoms with Crippen LogP contribution in [0.25, 0.3) is 33.5 Å². The van der Waals surface area contributed by atoms with E-state index < -0.39 is 26.6 Å². The fourth-order valence-electron chi connectivity index (χ4n) is 3.61. The van der Waals surface area contributed by atoms with Crippen LogP contribution in [0.1, 0.15) is 0 Å². The summed E-state index contributed by atoms with van der Waals surface area (Å²) in [5.74, 6) is -1.56. The molecule has 2 aromatic carbocycles. The molecule has 0 saturated heterocycles. The fourth-order valence-corrected chi connectivity index (χ4v) is 5.11. The molecule has 3 heterocycles. The number of methoxy groups -OCH3 is 1. The molecular weight excluding hydrogens is 502 g/mol. The van der Waals surface area contributed by atoms with Crippen LogP contribution in [-0.4, -0.2) is 40.7 Å². The maximum Gasteiger partial charge on any atom is 0.267 e. The smallest absolute Gasteiger partial charge is 0.267 e. The van der Waals surface area contributed by atoms with Crippen LogP contribution in [0.2, 0.25) is 5.02 Å². The van der Waals surface area contributed by atoms with E-state index in [1.165, 1.54) is 25.3 Å². The van der Waals surface area contributed by atoms with Gasteiger partial charge in [0.2, 0.25) is 5.88 Å². The first kappa shape index (κ1) is 22.7. The monoisotopic (exact) mass is 516 g/mol. The van der Waals surface area contributed by atoms with E-state index in [0.29, 0.717) is 28.0 Å². The summed E-state index contributed by atoms with van der Waals surface area (Å²) in [6, 6.07) is 8.17. The van der Waals surface area contributed by atoms with E-state index in [0.717, 1.165) is 12.3 Å². The lowest BCUT2D eigenvalue weighted by Crippen LogP contribution is -2.16. The van der Waals surface area contributed by atoms with E-state index in [1.807, 2.05) is 0 Å². The van der Waals surface area contributed by atoms with Crippen molar-refractivity contribution in [3.05, 3.63) is 71.6 Å². The van der Waals surface area contributed by atoms with Crippen LogP contribution in [0.5, 0.6) is 5.88 Å². The average molecular weight is 517 g/mol. The Morgan fingerprint density at radius 2 is 1.94 bits per heavy atom. The molecule has 0 spiro atoms. The number of halogens is 3. The van der Waals surface area contributed by atoms with Crippen LogP contribution in [0.15, 0.2) is 59.9 Å². The number of benzene rings is 2. The number of anilines is 1. The minimum atomic E-state index is -4.44. The summed E-state index contributed by atoms with van der Waals surface area (Å²) in [5, 5.41) is 7.92. The third-order valence-corrected chi connectivity index (χ3v) is 6.94. The van der Waals surface area contributed by atoms with Crippen molar-refractivity contribution in [3.63, 3.8) is 0 Å². The molecule has 9 nitrogen and oxygen atoms in total. The number of aromatic amines is 2. The van der Waals surface area contributed by atoms with Crippen LogP contribution in [-0.2, 0) is 10.0 Å². The predicted octanol–water partition coefficient (Wildman–Crippen LogP) is 4.76. The Kier molecular flexibility index (Phi) is 5.61. The molecule has 0 radical (unpaired) electrons. The number of H-pyrrole nitrogens is 2. The first-order valence-electron chi connectivity index (χ1n) is 9.97. The van der Waals surface area contributed by atoms with Gasteiger partial charge in [-0.2, -0.15) is 5.10 Å². The highest BCUT2D eigenvalue weighted by Gasteiger charge is 2.25. The van der Waals surface area contributed by atoms with Gasteiger partial charge in [-0.1, -0.05) is 29.8 Å². The summed E-state index contributed by atoms with van der Waals surface area (Å²) in [6.07, 6.45) is 4.06. The van der Waals surface area contributed by atoms with E-state index in [4.69, 9.17) is 16.3 Å². The van der Waals surface area contributed by atoms with E-state index in [9.17, 15) is 12.8 Å². The minimum Gasteiger partial charge on any atom is -0.480 e. The summed E-state index contributed by atoms with van der Waals surface area (Å²) in [7, 11) is -3.26. The van der Waals surface area contributed by atoms with E-state index >= 15 is 4.39 Å². The summed E-state index contributed by atoms with van der Waals surface area (Å²) in [6.45, 7) is 0. The zero-order chi connectivity index (χ0) is 24.7. The zero-order valence-corrected chi connectivity index (χ0v) is 19.4. The molecule has 5 aromatic rings. The molecule has 0 fully saturated rings. The van der Waals surface area contributed by atoms with Gasteiger partial charge in [0.25, 0.3) is 10.0 Å². The SMILES string of the molecule is COc1ncc(F)cc1S(=O)(=O)Nc1cccc(-c2ccc3c(-c4ncc[nH]4)[nH]nc3c2Cl)c1F. The Balaban J connectivity index is 1.56. The summed E-state index contributed by atoms with van der Waals surface area (Å²) in [5.41, 5.74) is 0.946. The lowest BCUT2D eigenvalue weighted by Gasteiger charge is -2.14. The van der Waals surface area contributed by atoms with Crippen LogP contribution < -0.4 is 9.46 Å². The predicted molar refractivity (Wildman–Crippen MR) is 126 cm³/mol. The Hall–Kier alpha value is -4.03. The van der Waals surface area contributed by atoms with Gasteiger partial charge in [-0.3, -0.25) is 9.82 Å². The quantitative estimate of drug-likeness (QED) is 0.299. The number of hydrogen-bond acceptors (Lipinski definition) is 6. The number of ether oxygens (including phenoxy) is 1. The van der Waals surface area contributed by atoms with Crippen molar-refractivity contribution >= 4 is 38.2 Å². The fraction of sp³-hybridized carbons (Fsp3) is 0.0455. The first-order chi connectivity index (χ1) is 16.8. The number of hydrogen-bond donors (Lipinski definition) is 3. The second-order valence-corrected chi connectivity index (χ2v) is 9.32. The molecule has 0 aliphatic heterocycles. The van der Waals surface area contributed by atoms with E-state index in [-0.39, 0.29) is 22.2 Å². The van der Waals surface area contributed by atoms with Gasteiger partial charge in [0.15, 0.2) is 16.5 Å². The Bertz CT molecular complexity index is 1670. The first-order valence-corrected chi connectivity index (χ1v) is 11.8. The van der Waals surface area contributed by atoms with Crippen LogP contribution in [0.3, 0.4) is 0 Å². The summed E-state index contributed by atoms with van der Waals surface area (Å²) in [4.78, 5) is 10.2. The lowest BCUT2D eigenvalue weighted by molar-refractivity contribution is 0.382. The number of sulfonamides is 1. The number of rotatable bonds is 6. The maximum atomic E-state index is 15.5. The molecule has 5 rings (SSSR count).